The van der Waals surface area contributed by atoms with Gasteiger partial charge in [0.15, 0.2) is 0 Å². The first kappa shape index (κ1) is 10.4. The van der Waals surface area contributed by atoms with E-state index in [1.165, 1.54) is 0 Å². The predicted octanol–water partition coefficient (Wildman–Crippen LogP) is 1.97. The molecule has 4 nitrogen and oxygen atoms in total. The molecule has 1 rings (SSSR count). The first-order valence-corrected chi connectivity index (χ1v) is 4.54. The molecule has 1 aromatic rings. The van der Waals surface area contributed by atoms with Crippen molar-refractivity contribution in [1.29, 1.82) is 0 Å². The molecule has 0 saturated heterocycles. The van der Waals surface area contributed by atoms with Crippen LogP contribution in [0.15, 0.2) is 45.6 Å². The van der Waals surface area contributed by atoms with Gasteiger partial charge in [-0.1, -0.05) is 30.3 Å². The molecule has 0 heterocycles. The van der Waals surface area contributed by atoms with E-state index in [4.69, 9.17) is 5.73 Å². The Morgan fingerprint density at radius 1 is 1.29 bits per heavy atom. The molecular formula is C10H14N4. The summed E-state index contributed by atoms with van der Waals surface area (Å²) in [5, 5.41) is 7.69. The monoisotopic (exact) mass is 190 g/mol. The van der Waals surface area contributed by atoms with Crippen molar-refractivity contribution in [3.8, 4) is 0 Å². The van der Waals surface area contributed by atoms with Gasteiger partial charge in [-0.05, 0) is 12.5 Å². The van der Waals surface area contributed by atoms with Gasteiger partial charge < -0.3 is 5.73 Å². The van der Waals surface area contributed by atoms with Gasteiger partial charge in [0.2, 0.25) is 5.96 Å². The quantitative estimate of drug-likeness (QED) is 0.442. The SMILES string of the molecule is CC/N=C(N)\N=N\Cc1ccccc1. The molecule has 0 amide bonds. The molecular weight excluding hydrogens is 176 g/mol. The minimum Gasteiger partial charge on any atom is -0.367 e. The van der Waals surface area contributed by atoms with Crippen molar-refractivity contribution < 1.29 is 0 Å². The third-order valence-corrected chi connectivity index (χ3v) is 1.59. The van der Waals surface area contributed by atoms with Crippen LogP contribution in [0.2, 0.25) is 0 Å². The van der Waals surface area contributed by atoms with Crippen molar-refractivity contribution in [3.05, 3.63) is 35.9 Å². The van der Waals surface area contributed by atoms with Gasteiger partial charge in [0.25, 0.3) is 0 Å². The molecule has 0 spiro atoms. The fraction of sp³-hybridized carbons (Fsp3) is 0.300. The Bertz CT molecular complexity index is 316. The van der Waals surface area contributed by atoms with Crippen molar-refractivity contribution in [3.63, 3.8) is 0 Å². The topological polar surface area (TPSA) is 63.1 Å². The normalized spacial score (nSPS) is 12.2. The van der Waals surface area contributed by atoms with Crippen LogP contribution in [0.5, 0.6) is 0 Å². The average Bonchev–Trinajstić information content (AvgIpc) is 2.20. The Balaban J connectivity index is 2.45. The third-order valence-electron chi connectivity index (χ3n) is 1.59. The Hall–Kier alpha value is -1.71. The van der Waals surface area contributed by atoms with E-state index in [2.05, 4.69) is 15.2 Å². The fourth-order valence-electron chi connectivity index (χ4n) is 0.966. The summed E-state index contributed by atoms with van der Waals surface area (Å²) in [4.78, 5) is 3.89. The summed E-state index contributed by atoms with van der Waals surface area (Å²) in [7, 11) is 0. The summed E-state index contributed by atoms with van der Waals surface area (Å²) in [6.45, 7) is 3.08. The van der Waals surface area contributed by atoms with Crippen LogP contribution in [0.4, 0.5) is 0 Å². The molecule has 0 fully saturated rings. The number of hydrogen-bond donors (Lipinski definition) is 1. The molecule has 0 aromatic heterocycles. The van der Waals surface area contributed by atoms with Crippen molar-refractivity contribution in [2.75, 3.05) is 6.54 Å². The Labute approximate surface area is 83.6 Å². The molecule has 14 heavy (non-hydrogen) atoms. The van der Waals surface area contributed by atoms with E-state index in [0.29, 0.717) is 13.1 Å². The van der Waals surface area contributed by atoms with Gasteiger partial charge in [0.1, 0.15) is 0 Å². The van der Waals surface area contributed by atoms with Crippen LogP contribution >= 0.6 is 0 Å². The lowest BCUT2D eigenvalue weighted by Gasteiger charge is -1.93. The molecule has 0 saturated carbocycles. The molecule has 0 bridgehead atoms. The van der Waals surface area contributed by atoms with Crippen LogP contribution < -0.4 is 5.73 Å². The van der Waals surface area contributed by atoms with Gasteiger partial charge in [0, 0.05) is 6.54 Å². The second-order valence-corrected chi connectivity index (χ2v) is 2.72. The van der Waals surface area contributed by atoms with E-state index in [1.807, 2.05) is 37.3 Å². The van der Waals surface area contributed by atoms with E-state index < -0.39 is 0 Å². The van der Waals surface area contributed by atoms with Crippen LogP contribution in [-0.4, -0.2) is 12.5 Å². The number of benzene rings is 1. The molecule has 0 atom stereocenters. The zero-order chi connectivity index (χ0) is 10.2. The van der Waals surface area contributed by atoms with Crippen LogP contribution in [0.25, 0.3) is 0 Å². The van der Waals surface area contributed by atoms with Crippen molar-refractivity contribution >= 4 is 5.96 Å². The first-order chi connectivity index (χ1) is 6.83. The maximum absolute atomic E-state index is 5.44. The lowest BCUT2D eigenvalue weighted by molar-refractivity contribution is 0.959. The second-order valence-electron chi connectivity index (χ2n) is 2.72. The van der Waals surface area contributed by atoms with Crippen LogP contribution in [0.3, 0.4) is 0 Å². The van der Waals surface area contributed by atoms with E-state index in [1.54, 1.807) is 0 Å². The molecule has 0 aliphatic rings. The van der Waals surface area contributed by atoms with E-state index in [-0.39, 0.29) is 5.96 Å². The summed E-state index contributed by atoms with van der Waals surface area (Å²) in [6.07, 6.45) is 0. The molecule has 0 radical (unpaired) electrons. The molecule has 0 unspecified atom stereocenters. The number of aliphatic imine (C=N–C) groups is 1. The second kappa shape index (κ2) is 5.85. The molecule has 4 heteroatoms. The van der Waals surface area contributed by atoms with Gasteiger partial charge in [0.05, 0.1) is 6.54 Å². The zero-order valence-corrected chi connectivity index (χ0v) is 8.22. The third kappa shape index (κ3) is 3.80. The molecule has 2 N–H and O–H groups in total. The largest absolute Gasteiger partial charge is 0.367 e. The highest BCUT2D eigenvalue weighted by Gasteiger charge is 1.88. The molecule has 0 aliphatic carbocycles. The van der Waals surface area contributed by atoms with Crippen molar-refractivity contribution in [2.24, 2.45) is 21.0 Å². The molecule has 0 aliphatic heterocycles. The van der Waals surface area contributed by atoms with E-state index in [0.717, 1.165) is 5.56 Å². The Morgan fingerprint density at radius 2 is 2.00 bits per heavy atom. The van der Waals surface area contributed by atoms with Crippen LogP contribution in [0, 0.1) is 0 Å². The number of rotatable bonds is 3. The maximum Gasteiger partial charge on any atom is 0.235 e. The first-order valence-electron chi connectivity index (χ1n) is 4.54. The minimum atomic E-state index is 0.239. The highest BCUT2D eigenvalue weighted by molar-refractivity contribution is 5.78. The maximum atomic E-state index is 5.44. The summed E-state index contributed by atoms with van der Waals surface area (Å²) in [5.74, 6) is 0.239. The van der Waals surface area contributed by atoms with Crippen LogP contribution in [0.1, 0.15) is 12.5 Å². The molecule has 1 aromatic carbocycles. The van der Waals surface area contributed by atoms with Gasteiger partial charge in [-0.3, -0.25) is 4.99 Å². The standard InChI is InChI=1S/C10H14N4/c1-2-12-10(11)14-13-8-9-6-4-3-5-7-9/h3-7H,2,8H2,1H3,(H2,11,12)/b14-13+. The van der Waals surface area contributed by atoms with Crippen molar-refractivity contribution in [2.45, 2.75) is 13.5 Å². The van der Waals surface area contributed by atoms with Gasteiger partial charge in [-0.25, -0.2) is 0 Å². The highest BCUT2D eigenvalue weighted by Crippen LogP contribution is 2.00. The van der Waals surface area contributed by atoms with Gasteiger partial charge in [-0.2, -0.15) is 5.11 Å². The Kier molecular flexibility index (Phi) is 4.34. The fourth-order valence-corrected chi connectivity index (χ4v) is 0.966. The number of azo groups is 1. The average molecular weight is 190 g/mol. The number of nitrogens with two attached hydrogens (primary N) is 1. The zero-order valence-electron chi connectivity index (χ0n) is 8.22. The van der Waals surface area contributed by atoms with E-state index >= 15 is 0 Å². The highest BCUT2D eigenvalue weighted by atomic mass is 15.2. The summed E-state index contributed by atoms with van der Waals surface area (Å²) >= 11 is 0. The van der Waals surface area contributed by atoms with Gasteiger partial charge in [-0.15, -0.1) is 5.11 Å². The van der Waals surface area contributed by atoms with Gasteiger partial charge >= 0.3 is 0 Å². The smallest absolute Gasteiger partial charge is 0.235 e. The lowest BCUT2D eigenvalue weighted by Crippen LogP contribution is -2.07. The van der Waals surface area contributed by atoms with Crippen LogP contribution in [-0.2, 0) is 6.54 Å². The predicted molar refractivity (Wildman–Crippen MR) is 57.2 cm³/mol. The van der Waals surface area contributed by atoms with Crippen molar-refractivity contribution in [1.82, 2.24) is 0 Å². The summed E-state index contributed by atoms with van der Waals surface area (Å²) in [6, 6.07) is 9.88. The number of guanidine groups is 1. The summed E-state index contributed by atoms with van der Waals surface area (Å²) in [5.41, 5.74) is 6.55. The molecule has 74 valence electrons. The Morgan fingerprint density at radius 3 is 2.64 bits per heavy atom. The number of hydrogen-bond acceptors (Lipinski definition) is 2. The minimum absolute atomic E-state index is 0.239. The number of nitrogens with zero attached hydrogens (tertiary/aromatic N) is 3. The lowest BCUT2D eigenvalue weighted by atomic mass is 10.2. The summed E-state index contributed by atoms with van der Waals surface area (Å²) < 4.78 is 0. The van der Waals surface area contributed by atoms with E-state index in [9.17, 15) is 0 Å².